The first kappa shape index (κ1) is 14.1. The Bertz CT molecular complexity index is 645. The standard InChI is InChI=1S/C13H14ClN5O/c1-8-5-9(14)3-4-11(8)19-13-10(6-18-20-2)12(15)16-7-17-13/h3-7H,1-2H3,(H3,15,16,17,19). The third-order valence-corrected chi connectivity index (χ3v) is 2.88. The van der Waals surface area contributed by atoms with Crippen LogP contribution < -0.4 is 11.1 Å². The van der Waals surface area contributed by atoms with Crippen molar-refractivity contribution in [3.63, 3.8) is 0 Å². The SMILES string of the molecule is CON=Cc1c(N)ncnc1Nc1ccc(Cl)cc1C. The molecule has 7 heteroatoms. The van der Waals surface area contributed by atoms with Gasteiger partial charge in [0.2, 0.25) is 0 Å². The summed E-state index contributed by atoms with van der Waals surface area (Å²) in [5.74, 6) is 0.860. The van der Waals surface area contributed by atoms with Gasteiger partial charge in [0.15, 0.2) is 0 Å². The number of nitrogens with two attached hydrogens (primary N) is 1. The van der Waals surface area contributed by atoms with Gasteiger partial charge in [0, 0.05) is 10.7 Å². The number of hydrogen-bond donors (Lipinski definition) is 2. The lowest BCUT2D eigenvalue weighted by Crippen LogP contribution is -2.05. The van der Waals surface area contributed by atoms with Crippen LogP contribution in [0, 0.1) is 6.92 Å². The molecule has 0 radical (unpaired) electrons. The topological polar surface area (TPSA) is 85.4 Å². The average molecular weight is 292 g/mol. The van der Waals surface area contributed by atoms with E-state index in [1.165, 1.54) is 19.7 Å². The Hall–Kier alpha value is -2.34. The molecule has 2 rings (SSSR count). The summed E-state index contributed by atoms with van der Waals surface area (Å²) in [6.07, 6.45) is 2.84. The molecule has 0 saturated carbocycles. The molecule has 0 aliphatic carbocycles. The zero-order chi connectivity index (χ0) is 14.5. The second-order valence-electron chi connectivity index (χ2n) is 4.02. The van der Waals surface area contributed by atoms with Gasteiger partial charge in [-0.2, -0.15) is 0 Å². The van der Waals surface area contributed by atoms with Crippen LogP contribution in [0.15, 0.2) is 29.7 Å². The second kappa shape index (κ2) is 6.21. The lowest BCUT2D eigenvalue weighted by atomic mass is 10.2. The van der Waals surface area contributed by atoms with Gasteiger partial charge in [0.1, 0.15) is 25.1 Å². The molecule has 1 aromatic heterocycles. The van der Waals surface area contributed by atoms with E-state index >= 15 is 0 Å². The fourth-order valence-corrected chi connectivity index (χ4v) is 1.86. The fraction of sp³-hybridized carbons (Fsp3) is 0.154. The molecule has 0 aliphatic heterocycles. The van der Waals surface area contributed by atoms with Gasteiger partial charge in [-0.15, -0.1) is 0 Å². The molecule has 0 saturated heterocycles. The smallest absolute Gasteiger partial charge is 0.144 e. The molecule has 20 heavy (non-hydrogen) atoms. The molecule has 0 unspecified atom stereocenters. The number of nitrogens with one attached hydrogen (secondary N) is 1. The molecule has 0 spiro atoms. The lowest BCUT2D eigenvalue weighted by Gasteiger charge is -2.11. The van der Waals surface area contributed by atoms with Crippen LogP contribution in [-0.4, -0.2) is 23.3 Å². The molecule has 0 aliphatic rings. The Morgan fingerprint density at radius 2 is 2.20 bits per heavy atom. The second-order valence-corrected chi connectivity index (χ2v) is 4.46. The molecule has 0 fully saturated rings. The van der Waals surface area contributed by atoms with Crippen molar-refractivity contribution in [2.45, 2.75) is 6.92 Å². The van der Waals surface area contributed by atoms with Crippen LogP contribution in [0.1, 0.15) is 11.1 Å². The van der Waals surface area contributed by atoms with Crippen LogP contribution in [0.5, 0.6) is 0 Å². The number of halogens is 1. The maximum absolute atomic E-state index is 5.93. The summed E-state index contributed by atoms with van der Waals surface area (Å²) in [6, 6.07) is 5.52. The molecule has 2 aromatic rings. The van der Waals surface area contributed by atoms with Crippen LogP contribution >= 0.6 is 11.6 Å². The summed E-state index contributed by atoms with van der Waals surface area (Å²) in [5.41, 5.74) is 8.24. The largest absolute Gasteiger partial charge is 0.399 e. The van der Waals surface area contributed by atoms with E-state index in [1.54, 1.807) is 6.07 Å². The van der Waals surface area contributed by atoms with Crippen molar-refractivity contribution in [3.8, 4) is 0 Å². The van der Waals surface area contributed by atoms with E-state index < -0.39 is 0 Å². The van der Waals surface area contributed by atoms with Gasteiger partial charge in [-0.3, -0.25) is 0 Å². The zero-order valence-corrected chi connectivity index (χ0v) is 11.8. The van der Waals surface area contributed by atoms with Crippen LogP contribution in [-0.2, 0) is 4.84 Å². The first-order valence-corrected chi connectivity index (χ1v) is 6.19. The normalized spacial score (nSPS) is 10.8. The lowest BCUT2D eigenvalue weighted by molar-refractivity contribution is 0.215. The minimum atomic E-state index is 0.315. The number of aromatic nitrogens is 2. The third-order valence-electron chi connectivity index (χ3n) is 2.64. The molecule has 1 heterocycles. The van der Waals surface area contributed by atoms with Crippen molar-refractivity contribution >= 4 is 35.1 Å². The predicted octanol–water partition coefficient (Wildman–Crippen LogP) is 2.74. The highest BCUT2D eigenvalue weighted by Gasteiger charge is 2.09. The van der Waals surface area contributed by atoms with Crippen LogP contribution in [0.25, 0.3) is 0 Å². The molecule has 6 nitrogen and oxygen atoms in total. The van der Waals surface area contributed by atoms with Gasteiger partial charge in [-0.1, -0.05) is 16.8 Å². The molecule has 0 bridgehead atoms. The van der Waals surface area contributed by atoms with E-state index in [9.17, 15) is 0 Å². The maximum Gasteiger partial charge on any atom is 0.144 e. The number of oxime groups is 1. The van der Waals surface area contributed by atoms with E-state index in [4.69, 9.17) is 17.3 Å². The zero-order valence-electron chi connectivity index (χ0n) is 11.1. The quantitative estimate of drug-likeness (QED) is 0.668. The Morgan fingerprint density at radius 3 is 2.90 bits per heavy atom. The summed E-state index contributed by atoms with van der Waals surface area (Å²) >= 11 is 5.93. The summed E-state index contributed by atoms with van der Waals surface area (Å²) in [6.45, 7) is 1.95. The highest BCUT2D eigenvalue weighted by molar-refractivity contribution is 6.30. The number of rotatable bonds is 4. The Morgan fingerprint density at radius 1 is 1.40 bits per heavy atom. The first-order chi connectivity index (χ1) is 9.61. The van der Waals surface area contributed by atoms with Crippen LogP contribution in [0.2, 0.25) is 5.02 Å². The van der Waals surface area contributed by atoms with Gasteiger partial charge < -0.3 is 15.9 Å². The van der Waals surface area contributed by atoms with Gasteiger partial charge in [0.25, 0.3) is 0 Å². The van der Waals surface area contributed by atoms with E-state index in [1.807, 2.05) is 19.1 Å². The summed E-state index contributed by atoms with van der Waals surface area (Å²) in [4.78, 5) is 12.8. The monoisotopic (exact) mass is 291 g/mol. The van der Waals surface area contributed by atoms with Gasteiger partial charge >= 0.3 is 0 Å². The van der Waals surface area contributed by atoms with Crippen molar-refractivity contribution in [1.82, 2.24) is 9.97 Å². The molecule has 3 N–H and O–H groups in total. The van der Waals surface area contributed by atoms with Gasteiger partial charge in [-0.25, -0.2) is 9.97 Å². The van der Waals surface area contributed by atoms with Crippen LogP contribution in [0.4, 0.5) is 17.3 Å². The first-order valence-electron chi connectivity index (χ1n) is 5.82. The van der Waals surface area contributed by atoms with Crippen molar-refractivity contribution < 1.29 is 4.84 Å². The van der Waals surface area contributed by atoms with Crippen LogP contribution in [0.3, 0.4) is 0 Å². The van der Waals surface area contributed by atoms with Crippen molar-refractivity contribution in [1.29, 1.82) is 0 Å². The molecule has 0 amide bonds. The molecule has 0 atom stereocenters. The fourth-order valence-electron chi connectivity index (χ4n) is 1.64. The molecular weight excluding hydrogens is 278 g/mol. The summed E-state index contributed by atoms with van der Waals surface area (Å²) in [7, 11) is 1.45. The Labute approximate surface area is 121 Å². The number of hydrogen-bond acceptors (Lipinski definition) is 6. The number of nitrogens with zero attached hydrogens (tertiary/aromatic N) is 3. The summed E-state index contributed by atoms with van der Waals surface area (Å²) in [5, 5.41) is 7.55. The summed E-state index contributed by atoms with van der Waals surface area (Å²) < 4.78 is 0. The van der Waals surface area contributed by atoms with E-state index in [2.05, 4.69) is 25.3 Å². The van der Waals surface area contributed by atoms with E-state index in [0.29, 0.717) is 22.2 Å². The number of anilines is 3. The molecular formula is C13H14ClN5O. The highest BCUT2D eigenvalue weighted by atomic mass is 35.5. The Kier molecular flexibility index (Phi) is 4.37. The van der Waals surface area contributed by atoms with Gasteiger partial charge in [0.05, 0.1) is 11.8 Å². The predicted molar refractivity (Wildman–Crippen MR) is 80.5 cm³/mol. The van der Waals surface area contributed by atoms with E-state index in [-0.39, 0.29) is 0 Å². The third kappa shape index (κ3) is 3.16. The van der Waals surface area contributed by atoms with Crippen molar-refractivity contribution in [2.75, 3.05) is 18.2 Å². The molecule has 1 aromatic carbocycles. The number of aryl methyl sites for hydroxylation is 1. The maximum atomic E-state index is 5.93. The minimum absolute atomic E-state index is 0.315. The minimum Gasteiger partial charge on any atom is -0.399 e. The van der Waals surface area contributed by atoms with E-state index in [0.717, 1.165) is 11.3 Å². The van der Waals surface area contributed by atoms with Crippen molar-refractivity contribution in [3.05, 3.63) is 40.7 Å². The number of benzene rings is 1. The van der Waals surface area contributed by atoms with Gasteiger partial charge in [-0.05, 0) is 30.7 Å². The van der Waals surface area contributed by atoms with Crippen molar-refractivity contribution in [2.24, 2.45) is 5.16 Å². The number of nitrogen functional groups attached to an aromatic ring is 1. The average Bonchev–Trinajstić information content (AvgIpc) is 2.41. The Balaban J connectivity index is 2.38. The highest BCUT2D eigenvalue weighted by Crippen LogP contribution is 2.25. The molecule has 104 valence electrons.